The second-order valence-corrected chi connectivity index (χ2v) is 5.94. The molecule has 1 amide bonds. The Labute approximate surface area is 141 Å². The van der Waals surface area contributed by atoms with Crippen LogP contribution in [0.4, 0.5) is 18.9 Å². The van der Waals surface area contributed by atoms with Crippen LogP contribution in [0.1, 0.15) is 18.4 Å². The number of alkyl halides is 3. The SMILES string of the molecule is NC1(C(=O)Nc2cnn(-c3cccc(C(F)(F)F)c3)c2)CCOCC1. The molecule has 0 bridgehead atoms. The zero-order chi connectivity index (χ0) is 18.1. The largest absolute Gasteiger partial charge is 0.416 e. The summed E-state index contributed by atoms with van der Waals surface area (Å²) < 4.78 is 44.9. The molecule has 1 saturated heterocycles. The van der Waals surface area contributed by atoms with E-state index in [1.165, 1.54) is 29.2 Å². The van der Waals surface area contributed by atoms with Crippen molar-refractivity contribution in [3.05, 3.63) is 42.2 Å². The molecule has 1 aliphatic rings. The van der Waals surface area contributed by atoms with E-state index in [0.717, 1.165) is 12.1 Å². The number of carbonyl (C=O) groups is 1. The van der Waals surface area contributed by atoms with Gasteiger partial charge in [-0.3, -0.25) is 4.79 Å². The summed E-state index contributed by atoms with van der Waals surface area (Å²) in [7, 11) is 0. The van der Waals surface area contributed by atoms with Crippen LogP contribution in [0.15, 0.2) is 36.7 Å². The van der Waals surface area contributed by atoms with Crippen molar-refractivity contribution in [1.29, 1.82) is 0 Å². The Balaban J connectivity index is 1.76. The minimum absolute atomic E-state index is 0.240. The highest BCUT2D eigenvalue weighted by molar-refractivity contribution is 5.97. The number of aromatic nitrogens is 2. The Bertz CT molecular complexity index is 767. The van der Waals surface area contributed by atoms with E-state index in [9.17, 15) is 18.0 Å². The van der Waals surface area contributed by atoms with E-state index in [4.69, 9.17) is 10.5 Å². The standard InChI is InChI=1S/C16H17F3N4O2/c17-16(18,19)11-2-1-3-13(8-11)23-10-12(9-21-23)22-14(24)15(20)4-6-25-7-5-15/h1-3,8-10H,4-7,20H2,(H,22,24). The van der Waals surface area contributed by atoms with Crippen LogP contribution < -0.4 is 11.1 Å². The predicted molar refractivity (Wildman–Crippen MR) is 84.2 cm³/mol. The molecule has 25 heavy (non-hydrogen) atoms. The summed E-state index contributed by atoms with van der Waals surface area (Å²) in [5.74, 6) is -0.362. The maximum atomic E-state index is 12.8. The zero-order valence-electron chi connectivity index (χ0n) is 13.2. The quantitative estimate of drug-likeness (QED) is 0.886. The summed E-state index contributed by atoms with van der Waals surface area (Å²) >= 11 is 0. The van der Waals surface area contributed by atoms with E-state index in [1.54, 1.807) is 0 Å². The van der Waals surface area contributed by atoms with Gasteiger partial charge in [0, 0.05) is 13.2 Å². The van der Waals surface area contributed by atoms with Crippen molar-refractivity contribution in [1.82, 2.24) is 9.78 Å². The van der Waals surface area contributed by atoms with E-state index in [-0.39, 0.29) is 11.6 Å². The molecule has 0 unspecified atom stereocenters. The van der Waals surface area contributed by atoms with Gasteiger partial charge in [-0.15, -0.1) is 0 Å². The van der Waals surface area contributed by atoms with Crippen molar-refractivity contribution in [3.63, 3.8) is 0 Å². The number of benzene rings is 1. The second-order valence-electron chi connectivity index (χ2n) is 5.94. The molecular formula is C16H17F3N4O2. The Morgan fingerprint density at radius 3 is 2.72 bits per heavy atom. The average Bonchev–Trinajstić information content (AvgIpc) is 3.03. The van der Waals surface area contributed by atoms with Gasteiger partial charge >= 0.3 is 6.18 Å². The van der Waals surface area contributed by atoms with E-state index in [1.807, 2.05) is 0 Å². The predicted octanol–water partition coefficient (Wildman–Crippen LogP) is 2.34. The molecule has 1 fully saturated rings. The van der Waals surface area contributed by atoms with Crippen molar-refractivity contribution in [2.75, 3.05) is 18.5 Å². The van der Waals surface area contributed by atoms with E-state index >= 15 is 0 Å². The van der Waals surface area contributed by atoms with Gasteiger partial charge in [-0.2, -0.15) is 18.3 Å². The van der Waals surface area contributed by atoms with Gasteiger partial charge in [0.2, 0.25) is 5.91 Å². The van der Waals surface area contributed by atoms with Gasteiger partial charge in [0.25, 0.3) is 0 Å². The van der Waals surface area contributed by atoms with Crippen LogP contribution in [-0.2, 0) is 15.7 Å². The Morgan fingerprint density at radius 2 is 2.04 bits per heavy atom. The molecule has 1 aliphatic heterocycles. The number of hydrogen-bond donors (Lipinski definition) is 2. The van der Waals surface area contributed by atoms with Crippen molar-refractivity contribution in [3.8, 4) is 5.69 Å². The zero-order valence-corrected chi connectivity index (χ0v) is 13.2. The van der Waals surface area contributed by atoms with Gasteiger partial charge in [0.05, 0.1) is 29.3 Å². The lowest BCUT2D eigenvalue weighted by Gasteiger charge is -2.31. The smallest absolute Gasteiger partial charge is 0.381 e. The highest BCUT2D eigenvalue weighted by atomic mass is 19.4. The molecule has 3 N–H and O–H groups in total. The van der Waals surface area contributed by atoms with Crippen LogP contribution in [0.25, 0.3) is 5.69 Å². The minimum Gasteiger partial charge on any atom is -0.381 e. The molecule has 1 aromatic carbocycles. The highest BCUT2D eigenvalue weighted by Gasteiger charge is 2.36. The summed E-state index contributed by atoms with van der Waals surface area (Å²) in [6, 6.07) is 4.77. The normalized spacial score (nSPS) is 17.3. The van der Waals surface area contributed by atoms with Crippen LogP contribution in [0.5, 0.6) is 0 Å². The van der Waals surface area contributed by atoms with Crippen molar-refractivity contribution < 1.29 is 22.7 Å². The number of amides is 1. The molecule has 0 saturated carbocycles. The van der Waals surface area contributed by atoms with Gasteiger partial charge in [-0.05, 0) is 31.0 Å². The number of nitrogens with one attached hydrogen (secondary N) is 1. The van der Waals surface area contributed by atoms with Crippen LogP contribution >= 0.6 is 0 Å². The maximum absolute atomic E-state index is 12.8. The molecule has 1 aromatic heterocycles. The number of nitrogens with two attached hydrogens (primary N) is 1. The molecule has 6 nitrogen and oxygen atoms in total. The number of anilines is 1. The van der Waals surface area contributed by atoms with Crippen LogP contribution in [-0.4, -0.2) is 34.4 Å². The lowest BCUT2D eigenvalue weighted by Crippen LogP contribution is -2.54. The molecule has 0 radical (unpaired) electrons. The molecule has 0 spiro atoms. The Morgan fingerprint density at radius 1 is 1.32 bits per heavy atom. The lowest BCUT2D eigenvalue weighted by atomic mass is 9.90. The summed E-state index contributed by atoms with van der Waals surface area (Å²) in [5.41, 5.74) is 4.90. The number of halogens is 3. The molecule has 3 rings (SSSR count). The van der Waals surface area contributed by atoms with Crippen LogP contribution in [0.3, 0.4) is 0 Å². The number of rotatable bonds is 3. The van der Waals surface area contributed by atoms with Crippen molar-refractivity contribution in [2.24, 2.45) is 5.73 Å². The average molecular weight is 354 g/mol. The van der Waals surface area contributed by atoms with Gasteiger partial charge < -0.3 is 15.8 Å². The minimum atomic E-state index is -4.44. The fraction of sp³-hybridized carbons (Fsp3) is 0.375. The number of ether oxygens (including phenoxy) is 1. The third kappa shape index (κ3) is 3.83. The molecule has 2 aromatic rings. The maximum Gasteiger partial charge on any atom is 0.416 e. The van der Waals surface area contributed by atoms with Crippen molar-refractivity contribution in [2.45, 2.75) is 24.6 Å². The summed E-state index contributed by atoms with van der Waals surface area (Å²) in [6.45, 7) is 0.820. The van der Waals surface area contributed by atoms with Crippen LogP contribution in [0, 0.1) is 0 Å². The topological polar surface area (TPSA) is 82.2 Å². The summed E-state index contributed by atoms with van der Waals surface area (Å²) in [5, 5.41) is 6.66. The number of carbonyl (C=O) groups excluding carboxylic acids is 1. The van der Waals surface area contributed by atoms with E-state index in [0.29, 0.717) is 31.7 Å². The van der Waals surface area contributed by atoms with Gasteiger partial charge in [0.15, 0.2) is 0 Å². The van der Waals surface area contributed by atoms with Crippen molar-refractivity contribution >= 4 is 11.6 Å². The lowest BCUT2D eigenvalue weighted by molar-refractivity contribution is -0.137. The third-order valence-corrected chi connectivity index (χ3v) is 4.12. The second kappa shape index (κ2) is 6.49. The Kier molecular flexibility index (Phi) is 4.53. The number of hydrogen-bond acceptors (Lipinski definition) is 4. The summed E-state index contributed by atoms with van der Waals surface area (Å²) in [6.07, 6.45) is -0.826. The number of nitrogens with zero attached hydrogens (tertiary/aromatic N) is 2. The monoisotopic (exact) mass is 354 g/mol. The first-order valence-electron chi connectivity index (χ1n) is 7.68. The first-order valence-corrected chi connectivity index (χ1v) is 7.68. The van der Waals surface area contributed by atoms with E-state index in [2.05, 4.69) is 10.4 Å². The molecule has 0 atom stereocenters. The van der Waals surface area contributed by atoms with Gasteiger partial charge in [0.1, 0.15) is 5.54 Å². The third-order valence-electron chi connectivity index (χ3n) is 4.12. The van der Waals surface area contributed by atoms with Gasteiger partial charge in [-0.25, -0.2) is 4.68 Å². The molecule has 9 heteroatoms. The molecule has 0 aliphatic carbocycles. The summed E-state index contributed by atoms with van der Waals surface area (Å²) in [4.78, 5) is 12.3. The fourth-order valence-corrected chi connectivity index (χ4v) is 2.57. The first-order chi connectivity index (χ1) is 11.8. The highest BCUT2D eigenvalue weighted by Crippen LogP contribution is 2.30. The van der Waals surface area contributed by atoms with Gasteiger partial charge in [-0.1, -0.05) is 6.07 Å². The first kappa shape index (κ1) is 17.4. The van der Waals surface area contributed by atoms with Crippen LogP contribution in [0.2, 0.25) is 0 Å². The Hall–Kier alpha value is -2.39. The fourth-order valence-electron chi connectivity index (χ4n) is 2.57. The molecular weight excluding hydrogens is 337 g/mol. The molecule has 134 valence electrons. The molecule has 2 heterocycles. The van der Waals surface area contributed by atoms with E-state index < -0.39 is 17.3 Å².